The molecule has 0 atom stereocenters. The van der Waals surface area contributed by atoms with Gasteiger partial charge in [-0.25, -0.2) is 4.68 Å². The third kappa shape index (κ3) is 3.60. The van der Waals surface area contributed by atoms with Gasteiger partial charge in [0.2, 0.25) is 11.9 Å². The fraction of sp³-hybridized carbons (Fsp3) is 0.350. The number of benzene rings is 2. The SMILES string of the molecule is Cn1nc(C2CCNCC2)nc1NC(=O)Cc1ccc2ccccc2c1. The van der Waals surface area contributed by atoms with Crippen LogP contribution < -0.4 is 10.6 Å². The number of piperidine rings is 1. The maximum absolute atomic E-state index is 12.5. The molecule has 0 unspecified atom stereocenters. The van der Waals surface area contributed by atoms with E-state index in [-0.39, 0.29) is 5.91 Å². The van der Waals surface area contributed by atoms with Gasteiger partial charge in [-0.15, -0.1) is 0 Å². The van der Waals surface area contributed by atoms with E-state index in [1.807, 2.05) is 25.2 Å². The highest BCUT2D eigenvalue weighted by Crippen LogP contribution is 2.23. The largest absolute Gasteiger partial charge is 0.317 e. The van der Waals surface area contributed by atoms with Crippen molar-refractivity contribution < 1.29 is 4.79 Å². The molecule has 6 nitrogen and oxygen atoms in total. The second-order valence-electron chi connectivity index (χ2n) is 6.85. The van der Waals surface area contributed by atoms with Gasteiger partial charge in [0.1, 0.15) is 0 Å². The Morgan fingerprint density at radius 1 is 1.19 bits per heavy atom. The van der Waals surface area contributed by atoms with Crippen LogP contribution in [0.1, 0.15) is 30.1 Å². The molecule has 26 heavy (non-hydrogen) atoms. The Balaban J connectivity index is 1.44. The van der Waals surface area contributed by atoms with Gasteiger partial charge in [-0.2, -0.15) is 10.1 Å². The van der Waals surface area contributed by atoms with Crippen LogP contribution in [0.4, 0.5) is 5.95 Å². The number of aromatic nitrogens is 3. The van der Waals surface area contributed by atoms with Crippen molar-refractivity contribution in [2.24, 2.45) is 7.05 Å². The topological polar surface area (TPSA) is 71.8 Å². The van der Waals surface area contributed by atoms with Crippen molar-refractivity contribution in [3.8, 4) is 0 Å². The predicted molar refractivity (Wildman–Crippen MR) is 102 cm³/mol. The molecule has 1 fully saturated rings. The highest BCUT2D eigenvalue weighted by molar-refractivity contribution is 5.92. The van der Waals surface area contributed by atoms with E-state index < -0.39 is 0 Å². The lowest BCUT2D eigenvalue weighted by Gasteiger charge is -2.19. The number of hydrogen-bond donors (Lipinski definition) is 2. The average Bonchev–Trinajstić information content (AvgIpc) is 3.03. The molecular formula is C20H23N5O. The van der Waals surface area contributed by atoms with E-state index in [9.17, 15) is 4.79 Å². The third-order valence-corrected chi connectivity index (χ3v) is 4.91. The van der Waals surface area contributed by atoms with Crippen LogP contribution in [0.3, 0.4) is 0 Å². The second kappa shape index (κ2) is 7.25. The van der Waals surface area contributed by atoms with Crippen LogP contribution in [0.15, 0.2) is 42.5 Å². The Morgan fingerprint density at radius 3 is 2.77 bits per heavy atom. The van der Waals surface area contributed by atoms with Crippen molar-refractivity contribution in [3.05, 3.63) is 53.9 Å². The second-order valence-corrected chi connectivity index (χ2v) is 6.85. The van der Waals surface area contributed by atoms with E-state index in [1.165, 1.54) is 5.39 Å². The molecule has 4 rings (SSSR count). The first-order valence-corrected chi connectivity index (χ1v) is 9.08. The predicted octanol–water partition coefficient (Wildman–Crippen LogP) is 2.62. The summed E-state index contributed by atoms with van der Waals surface area (Å²) in [5.41, 5.74) is 0.988. The number of nitrogens with zero attached hydrogens (tertiary/aromatic N) is 3. The molecule has 134 valence electrons. The standard InChI is InChI=1S/C20H23N5O/c1-25-20(23-19(24-25)16-8-10-21-11-9-16)22-18(26)13-14-6-7-15-4-2-3-5-17(15)12-14/h2-7,12,16,21H,8-11,13H2,1H3,(H,22,23,24,26). The van der Waals surface area contributed by atoms with Gasteiger partial charge in [0, 0.05) is 13.0 Å². The minimum Gasteiger partial charge on any atom is -0.317 e. The minimum absolute atomic E-state index is 0.0763. The Morgan fingerprint density at radius 2 is 1.96 bits per heavy atom. The molecular weight excluding hydrogens is 326 g/mol. The van der Waals surface area contributed by atoms with E-state index >= 15 is 0 Å². The highest BCUT2D eigenvalue weighted by Gasteiger charge is 2.21. The highest BCUT2D eigenvalue weighted by atomic mass is 16.1. The molecule has 2 aromatic carbocycles. The van der Waals surface area contributed by atoms with Crippen molar-refractivity contribution in [1.29, 1.82) is 0 Å². The van der Waals surface area contributed by atoms with E-state index in [1.54, 1.807) is 4.68 Å². The smallest absolute Gasteiger partial charge is 0.231 e. The zero-order chi connectivity index (χ0) is 17.9. The van der Waals surface area contributed by atoms with Gasteiger partial charge in [-0.3, -0.25) is 10.1 Å². The summed E-state index contributed by atoms with van der Waals surface area (Å²) in [4.78, 5) is 17.0. The molecule has 2 N–H and O–H groups in total. The van der Waals surface area contributed by atoms with Crippen LogP contribution in [0.5, 0.6) is 0 Å². The molecule has 1 amide bonds. The monoisotopic (exact) mass is 349 g/mol. The molecule has 1 aliphatic rings. The van der Waals surface area contributed by atoms with Crippen LogP contribution >= 0.6 is 0 Å². The number of aryl methyl sites for hydroxylation is 1. The molecule has 0 aliphatic carbocycles. The van der Waals surface area contributed by atoms with Gasteiger partial charge in [-0.1, -0.05) is 42.5 Å². The molecule has 0 bridgehead atoms. The number of rotatable bonds is 4. The van der Waals surface area contributed by atoms with Crippen molar-refractivity contribution in [1.82, 2.24) is 20.1 Å². The van der Waals surface area contributed by atoms with E-state index in [0.29, 0.717) is 18.3 Å². The molecule has 0 radical (unpaired) electrons. The molecule has 6 heteroatoms. The third-order valence-electron chi connectivity index (χ3n) is 4.91. The van der Waals surface area contributed by atoms with Gasteiger partial charge in [-0.05, 0) is 42.3 Å². The summed E-state index contributed by atoms with van der Waals surface area (Å²) in [6.07, 6.45) is 2.39. The van der Waals surface area contributed by atoms with Gasteiger partial charge in [0.25, 0.3) is 0 Å². The molecule has 1 saturated heterocycles. The van der Waals surface area contributed by atoms with Crippen molar-refractivity contribution in [2.75, 3.05) is 18.4 Å². The lowest BCUT2D eigenvalue weighted by Crippen LogP contribution is -2.27. The molecule has 0 spiro atoms. The minimum atomic E-state index is -0.0763. The lowest BCUT2D eigenvalue weighted by molar-refractivity contribution is -0.115. The number of hydrogen-bond acceptors (Lipinski definition) is 4. The molecule has 2 heterocycles. The zero-order valence-corrected chi connectivity index (χ0v) is 14.9. The van der Waals surface area contributed by atoms with Crippen LogP contribution in [0.2, 0.25) is 0 Å². The number of amides is 1. The number of fused-ring (bicyclic) bond motifs is 1. The van der Waals surface area contributed by atoms with E-state index in [0.717, 1.165) is 42.7 Å². The summed E-state index contributed by atoms with van der Waals surface area (Å²) < 4.78 is 1.66. The Bertz CT molecular complexity index is 927. The molecule has 3 aromatic rings. The average molecular weight is 349 g/mol. The maximum atomic E-state index is 12.5. The molecule has 1 aliphatic heterocycles. The Kier molecular flexibility index (Phi) is 4.67. The quantitative estimate of drug-likeness (QED) is 0.759. The molecule has 0 saturated carbocycles. The maximum Gasteiger partial charge on any atom is 0.231 e. The fourth-order valence-corrected chi connectivity index (χ4v) is 3.47. The summed E-state index contributed by atoms with van der Waals surface area (Å²) in [6, 6.07) is 14.3. The summed E-state index contributed by atoms with van der Waals surface area (Å²) in [5, 5.41) is 13.1. The number of nitrogens with one attached hydrogen (secondary N) is 2. The summed E-state index contributed by atoms with van der Waals surface area (Å²) in [7, 11) is 1.82. The van der Waals surface area contributed by atoms with Gasteiger partial charge >= 0.3 is 0 Å². The van der Waals surface area contributed by atoms with E-state index in [4.69, 9.17) is 0 Å². The van der Waals surface area contributed by atoms with Crippen molar-refractivity contribution in [3.63, 3.8) is 0 Å². The summed E-state index contributed by atoms with van der Waals surface area (Å²) in [6.45, 7) is 1.99. The Labute approximate surface area is 152 Å². The number of carbonyl (C=O) groups excluding carboxylic acids is 1. The lowest BCUT2D eigenvalue weighted by atomic mass is 9.98. The normalized spacial score (nSPS) is 15.3. The first-order chi connectivity index (χ1) is 12.7. The van der Waals surface area contributed by atoms with Crippen LogP contribution in [-0.2, 0) is 18.3 Å². The Hall–Kier alpha value is -2.73. The van der Waals surface area contributed by atoms with Crippen LogP contribution in [0, 0.1) is 0 Å². The van der Waals surface area contributed by atoms with E-state index in [2.05, 4.69) is 45.0 Å². The number of anilines is 1. The summed E-state index contributed by atoms with van der Waals surface area (Å²) in [5.74, 6) is 1.64. The first-order valence-electron chi connectivity index (χ1n) is 9.08. The van der Waals surface area contributed by atoms with Crippen molar-refractivity contribution in [2.45, 2.75) is 25.2 Å². The van der Waals surface area contributed by atoms with Gasteiger partial charge in [0.15, 0.2) is 5.82 Å². The van der Waals surface area contributed by atoms with Crippen molar-refractivity contribution >= 4 is 22.6 Å². The number of carbonyl (C=O) groups is 1. The zero-order valence-electron chi connectivity index (χ0n) is 14.9. The van der Waals surface area contributed by atoms with Crippen LogP contribution in [0.25, 0.3) is 10.8 Å². The molecule has 1 aromatic heterocycles. The van der Waals surface area contributed by atoms with Gasteiger partial charge in [0.05, 0.1) is 6.42 Å². The first kappa shape index (κ1) is 16.7. The fourth-order valence-electron chi connectivity index (χ4n) is 3.47. The van der Waals surface area contributed by atoms with Gasteiger partial charge < -0.3 is 5.32 Å². The van der Waals surface area contributed by atoms with Crippen LogP contribution in [-0.4, -0.2) is 33.8 Å². The summed E-state index contributed by atoms with van der Waals surface area (Å²) >= 11 is 0.